The fourth-order valence-corrected chi connectivity index (χ4v) is 2.56. The van der Waals surface area contributed by atoms with Gasteiger partial charge in [0.15, 0.2) is 0 Å². The van der Waals surface area contributed by atoms with Crippen molar-refractivity contribution >= 4 is 24.2 Å². The van der Waals surface area contributed by atoms with Gasteiger partial charge in [0.25, 0.3) is 5.91 Å². The number of nitrogens with zero attached hydrogens (tertiary/aromatic N) is 2. The first-order valence-electron chi connectivity index (χ1n) is 7.57. The minimum atomic E-state index is -0.513. The fraction of sp³-hybridized carbons (Fsp3) is 0.500. The zero-order valence-electron chi connectivity index (χ0n) is 13.2. The standard InChI is InChI=1S/C16H22FN3O2.ClH/c1-12(11-18)15(21)19-7-4-8-20(10-9-19)16(22)13-5-2-3-6-14(13)17;/h2-3,5-6,12H,4,7-11,18H2,1H3;1H. The highest BCUT2D eigenvalue weighted by molar-refractivity contribution is 5.94. The molecule has 0 bridgehead atoms. The van der Waals surface area contributed by atoms with Crippen molar-refractivity contribution in [2.45, 2.75) is 13.3 Å². The number of nitrogens with two attached hydrogens (primary N) is 1. The van der Waals surface area contributed by atoms with Crippen LogP contribution >= 0.6 is 12.4 Å². The topological polar surface area (TPSA) is 66.6 Å². The fourth-order valence-electron chi connectivity index (χ4n) is 2.56. The predicted molar refractivity (Wildman–Crippen MR) is 89.0 cm³/mol. The molecule has 2 N–H and O–H groups in total. The van der Waals surface area contributed by atoms with Crippen molar-refractivity contribution in [3.05, 3.63) is 35.6 Å². The maximum atomic E-state index is 13.7. The SMILES string of the molecule is CC(CN)C(=O)N1CCCN(C(=O)c2ccccc2F)CC1.Cl. The van der Waals surface area contributed by atoms with Crippen LogP contribution < -0.4 is 5.73 Å². The average Bonchev–Trinajstić information content (AvgIpc) is 2.79. The molecule has 7 heteroatoms. The molecular formula is C16H23ClFN3O2. The minimum Gasteiger partial charge on any atom is -0.341 e. The van der Waals surface area contributed by atoms with E-state index in [1.54, 1.807) is 28.9 Å². The van der Waals surface area contributed by atoms with Gasteiger partial charge in [0.05, 0.1) is 5.56 Å². The lowest BCUT2D eigenvalue weighted by Crippen LogP contribution is -2.41. The molecule has 0 spiro atoms. The summed E-state index contributed by atoms with van der Waals surface area (Å²) in [7, 11) is 0. The molecule has 2 amide bonds. The van der Waals surface area contributed by atoms with Gasteiger partial charge in [-0.25, -0.2) is 4.39 Å². The van der Waals surface area contributed by atoms with Gasteiger partial charge in [-0.15, -0.1) is 12.4 Å². The molecule has 1 aromatic carbocycles. The van der Waals surface area contributed by atoms with Crippen molar-refractivity contribution in [1.29, 1.82) is 0 Å². The molecule has 0 saturated carbocycles. The van der Waals surface area contributed by atoms with E-state index < -0.39 is 5.82 Å². The molecule has 1 unspecified atom stereocenters. The predicted octanol–water partition coefficient (Wildman–Crippen LogP) is 1.52. The van der Waals surface area contributed by atoms with Crippen molar-refractivity contribution < 1.29 is 14.0 Å². The van der Waals surface area contributed by atoms with E-state index in [4.69, 9.17) is 5.73 Å². The summed E-state index contributed by atoms with van der Waals surface area (Å²) in [4.78, 5) is 27.9. The Bertz CT molecular complexity index is 556. The Morgan fingerprint density at radius 1 is 1.17 bits per heavy atom. The van der Waals surface area contributed by atoms with Crippen LogP contribution in [0.25, 0.3) is 0 Å². The van der Waals surface area contributed by atoms with Crippen LogP contribution in [0.1, 0.15) is 23.7 Å². The van der Waals surface area contributed by atoms with E-state index in [0.29, 0.717) is 39.1 Å². The van der Waals surface area contributed by atoms with E-state index in [9.17, 15) is 14.0 Å². The second kappa shape index (κ2) is 8.84. The van der Waals surface area contributed by atoms with Crippen LogP contribution in [0, 0.1) is 11.7 Å². The quantitative estimate of drug-likeness (QED) is 0.904. The molecule has 1 aliphatic heterocycles. The van der Waals surface area contributed by atoms with Crippen LogP contribution in [0.3, 0.4) is 0 Å². The summed E-state index contributed by atoms with van der Waals surface area (Å²) in [5, 5.41) is 0. The van der Waals surface area contributed by atoms with Crippen LogP contribution in [0.5, 0.6) is 0 Å². The van der Waals surface area contributed by atoms with Gasteiger partial charge in [-0.3, -0.25) is 9.59 Å². The van der Waals surface area contributed by atoms with Crippen LogP contribution in [-0.4, -0.2) is 54.3 Å². The van der Waals surface area contributed by atoms with Gasteiger partial charge >= 0.3 is 0 Å². The van der Waals surface area contributed by atoms with Gasteiger partial charge in [-0.2, -0.15) is 0 Å². The minimum absolute atomic E-state index is 0. The van der Waals surface area contributed by atoms with E-state index in [0.717, 1.165) is 0 Å². The van der Waals surface area contributed by atoms with Crippen LogP contribution in [0.2, 0.25) is 0 Å². The molecule has 0 aromatic heterocycles. The number of rotatable bonds is 3. The number of benzene rings is 1. The second-order valence-electron chi connectivity index (χ2n) is 5.59. The molecule has 1 aromatic rings. The third-order valence-corrected chi connectivity index (χ3v) is 3.97. The number of carbonyl (C=O) groups excluding carboxylic acids is 2. The van der Waals surface area contributed by atoms with Gasteiger partial charge in [0.1, 0.15) is 5.82 Å². The molecular weight excluding hydrogens is 321 g/mol. The number of carbonyl (C=O) groups is 2. The molecule has 2 rings (SSSR count). The molecule has 1 aliphatic rings. The van der Waals surface area contributed by atoms with Crippen molar-refractivity contribution in [2.75, 3.05) is 32.7 Å². The summed E-state index contributed by atoms with van der Waals surface area (Å²) in [5.41, 5.74) is 5.61. The van der Waals surface area contributed by atoms with Gasteiger partial charge < -0.3 is 15.5 Å². The van der Waals surface area contributed by atoms with Crippen molar-refractivity contribution in [2.24, 2.45) is 11.7 Å². The molecule has 1 atom stereocenters. The van der Waals surface area contributed by atoms with Crippen LogP contribution in [0.4, 0.5) is 4.39 Å². The first kappa shape index (κ1) is 19.4. The summed E-state index contributed by atoms with van der Waals surface area (Å²) in [6.07, 6.45) is 0.684. The monoisotopic (exact) mass is 343 g/mol. The van der Waals surface area contributed by atoms with E-state index in [2.05, 4.69) is 0 Å². The van der Waals surface area contributed by atoms with Gasteiger partial charge in [0, 0.05) is 38.6 Å². The van der Waals surface area contributed by atoms with Crippen molar-refractivity contribution in [1.82, 2.24) is 9.80 Å². The zero-order chi connectivity index (χ0) is 16.1. The Labute approximate surface area is 142 Å². The Balaban J connectivity index is 0.00000264. The highest BCUT2D eigenvalue weighted by Gasteiger charge is 2.25. The summed E-state index contributed by atoms with van der Waals surface area (Å²) in [5.74, 6) is -1.03. The van der Waals surface area contributed by atoms with Crippen LogP contribution in [0.15, 0.2) is 24.3 Å². The van der Waals surface area contributed by atoms with Crippen molar-refractivity contribution in [3.63, 3.8) is 0 Å². The van der Waals surface area contributed by atoms with E-state index in [1.165, 1.54) is 12.1 Å². The van der Waals surface area contributed by atoms with Gasteiger partial charge in [-0.05, 0) is 18.6 Å². The maximum absolute atomic E-state index is 13.7. The first-order valence-corrected chi connectivity index (χ1v) is 7.57. The maximum Gasteiger partial charge on any atom is 0.256 e. The summed E-state index contributed by atoms with van der Waals surface area (Å²) in [6.45, 7) is 4.11. The Morgan fingerprint density at radius 2 is 1.78 bits per heavy atom. The largest absolute Gasteiger partial charge is 0.341 e. The van der Waals surface area contributed by atoms with E-state index >= 15 is 0 Å². The summed E-state index contributed by atoms with van der Waals surface area (Å²) in [6, 6.07) is 5.97. The highest BCUT2D eigenvalue weighted by atomic mass is 35.5. The number of halogens is 2. The number of hydrogen-bond donors (Lipinski definition) is 1. The lowest BCUT2D eigenvalue weighted by Gasteiger charge is -2.24. The van der Waals surface area contributed by atoms with Gasteiger partial charge in [0.2, 0.25) is 5.91 Å². The second-order valence-corrected chi connectivity index (χ2v) is 5.59. The zero-order valence-corrected chi connectivity index (χ0v) is 14.0. The van der Waals surface area contributed by atoms with E-state index in [1.807, 2.05) is 0 Å². The lowest BCUT2D eigenvalue weighted by molar-refractivity contribution is -0.134. The Hall–Kier alpha value is -1.66. The number of amides is 2. The smallest absolute Gasteiger partial charge is 0.256 e. The summed E-state index contributed by atoms with van der Waals surface area (Å²) < 4.78 is 13.7. The molecule has 1 fully saturated rings. The normalized spacial score (nSPS) is 16.3. The highest BCUT2D eigenvalue weighted by Crippen LogP contribution is 2.13. The van der Waals surface area contributed by atoms with Crippen molar-refractivity contribution in [3.8, 4) is 0 Å². The third kappa shape index (κ3) is 4.65. The molecule has 1 heterocycles. The molecule has 128 valence electrons. The molecule has 1 saturated heterocycles. The van der Waals surface area contributed by atoms with Gasteiger partial charge in [-0.1, -0.05) is 19.1 Å². The average molecular weight is 344 g/mol. The molecule has 23 heavy (non-hydrogen) atoms. The third-order valence-electron chi connectivity index (χ3n) is 3.97. The molecule has 0 aliphatic carbocycles. The molecule has 0 radical (unpaired) electrons. The molecule has 5 nitrogen and oxygen atoms in total. The summed E-state index contributed by atoms with van der Waals surface area (Å²) >= 11 is 0. The first-order chi connectivity index (χ1) is 10.5. The Morgan fingerprint density at radius 3 is 2.43 bits per heavy atom. The number of hydrogen-bond acceptors (Lipinski definition) is 3. The van der Waals surface area contributed by atoms with E-state index in [-0.39, 0.29) is 35.7 Å². The Kier molecular flexibility index (Phi) is 7.45. The van der Waals surface area contributed by atoms with Crippen LogP contribution in [-0.2, 0) is 4.79 Å². The lowest BCUT2D eigenvalue weighted by atomic mass is 10.1.